The van der Waals surface area contributed by atoms with Gasteiger partial charge in [0.15, 0.2) is 5.58 Å². The predicted octanol–water partition coefficient (Wildman–Crippen LogP) is 2.58. The van der Waals surface area contributed by atoms with Gasteiger partial charge in [0, 0.05) is 11.5 Å². The Kier molecular flexibility index (Phi) is 1.29. The molecule has 0 atom stereocenters. The monoisotopic (exact) mass is 189 g/mol. The van der Waals surface area contributed by atoms with Crippen LogP contribution in [0.15, 0.2) is 22.6 Å². The molecule has 0 radical (unpaired) electrons. The molecule has 1 N–H and O–H groups in total. The summed E-state index contributed by atoms with van der Waals surface area (Å²) in [5.74, 6) is 1.04. The first-order chi connectivity index (χ1) is 6.67. The summed E-state index contributed by atoms with van der Waals surface area (Å²) < 4.78 is 5.63. The third-order valence-corrected chi connectivity index (χ3v) is 2.89. The molecule has 3 rings (SSSR count). The van der Waals surface area contributed by atoms with Gasteiger partial charge in [-0.3, -0.25) is 0 Å². The highest BCUT2D eigenvalue weighted by molar-refractivity contribution is 5.74. The Hall–Kier alpha value is -1.51. The third-order valence-electron chi connectivity index (χ3n) is 2.89. The van der Waals surface area contributed by atoms with Gasteiger partial charge in [0.05, 0.1) is 0 Å². The minimum atomic E-state index is 0.147. The summed E-state index contributed by atoms with van der Waals surface area (Å²) in [5.41, 5.74) is 1.65. The molecule has 1 aliphatic carbocycles. The summed E-state index contributed by atoms with van der Waals surface area (Å²) in [6, 6.07) is 5.01. The van der Waals surface area contributed by atoms with Crippen molar-refractivity contribution in [2.75, 3.05) is 0 Å². The quantitative estimate of drug-likeness (QED) is 0.749. The molecular weight excluding hydrogens is 178 g/mol. The maximum atomic E-state index is 9.28. The van der Waals surface area contributed by atoms with Crippen molar-refractivity contribution in [1.82, 2.24) is 4.98 Å². The first-order valence-corrected chi connectivity index (χ1v) is 4.77. The summed E-state index contributed by atoms with van der Waals surface area (Å²) in [5, 5.41) is 9.28. The average molecular weight is 189 g/mol. The molecule has 0 aliphatic heterocycles. The molecule has 3 heteroatoms. The lowest BCUT2D eigenvalue weighted by atomic mass is 10.1. The fraction of sp³-hybridized carbons (Fsp3) is 0.364. The molecule has 1 saturated carbocycles. The van der Waals surface area contributed by atoms with E-state index < -0.39 is 0 Å². The van der Waals surface area contributed by atoms with E-state index in [0.29, 0.717) is 0 Å². The second-order valence-corrected chi connectivity index (χ2v) is 4.23. The van der Waals surface area contributed by atoms with Crippen LogP contribution in [0.2, 0.25) is 0 Å². The number of oxazole rings is 1. The van der Waals surface area contributed by atoms with Gasteiger partial charge in [-0.25, -0.2) is 4.98 Å². The molecule has 2 aromatic rings. The lowest BCUT2D eigenvalue weighted by Crippen LogP contribution is -1.98. The number of phenols is 1. The van der Waals surface area contributed by atoms with Crippen LogP contribution in [0, 0.1) is 0 Å². The average Bonchev–Trinajstić information content (AvgIpc) is 2.77. The minimum Gasteiger partial charge on any atom is -0.508 e. The molecule has 72 valence electrons. The number of phenolic OH excluding ortho intramolecular Hbond substituents is 1. The maximum Gasteiger partial charge on any atom is 0.201 e. The summed E-state index contributed by atoms with van der Waals surface area (Å²) in [4.78, 5) is 4.38. The lowest BCUT2D eigenvalue weighted by molar-refractivity contribution is 0.472. The molecule has 1 fully saturated rings. The van der Waals surface area contributed by atoms with Crippen LogP contribution in [0.25, 0.3) is 11.1 Å². The van der Waals surface area contributed by atoms with Crippen molar-refractivity contribution in [1.29, 1.82) is 0 Å². The van der Waals surface area contributed by atoms with Crippen molar-refractivity contribution in [3.8, 4) is 5.75 Å². The Morgan fingerprint density at radius 2 is 2.21 bits per heavy atom. The van der Waals surface area contributed by atoms with Crippen LogP contribution in [0.4, 0.5) is 0 Å². The number of aromatic hydroxyl groups is 1. The number of fused-ring (bicyclic) bond motifs is 1. The molecule has 1 aliphatic rings. The number of hydrogen-bond donors (Lipinski definition) is 1. The lowest BCUT2D eigenvalue weighted by Gasteiger charge is -1.98. The zero-order valence-corrected chi connectivity index (χ0v) is 7.95. The third kappa shape index (κ3) is 1.02. The Morgan fingerprint density at radius 3 is 2.93 bits per heavy atom. The van der Waals surface area contributed by atoms with Gasteiger partial charge in [0.1, 0.15) is 11.3 Å². The SMILES string of the molecule is CC1(c2nc3cc(O)ccc3o2)CC1. The Bertz CT molecular complexity index is 497. The van der Waals surface area contributed by atoms with Crippen LogP contribution in [0.3, 0.4) is 0 Å². The van der Waals surface area contributed by atoms with Crippen molar-refractivity contribution in [2.24, 2.45) is 0 Å². The second kappa shape index (κ2) is 2.29. The van der Waals surface area contributed by atoms with Crippen LogP contribution < -0.4 is 0 Å². The normalized spacial score (nSPS) is 18.6. The summed E-state index contributed by atoms with van der Waals surface area (Å²) >= 11 is 0. The molecular formula is C11H11NO2. The smallest absolute Gasteiger partial charge is 0.201 e. The van der Waals surface area contributed by atoms with E-state index in [4.69, 9.17) is 4.42 Å². The molecule has 1 heterocycles. The van der Waals surface area contributed by atoms with Crippen LogP contribution in [0.1, 0.15) is 25.7 Å². The molecule has 0 unspecified atom stereocenters. The number of rotatable bonds is 1. The first kappa shape index (κ1) is 7.85. The van der Waals surface area contributed by atoms with Gasteiger partial charge in [-0.1, -0.05) is 6.92 Å². The number of hydrogen-bond acceptors (Lipinski definition) is 3. The Labute approximate surface area is 81.4 Å². The summed E-state index contributed by atoms with van der Waals surface area (Å²) in [6.45, 7) is 2.15. The molecule has 0 saturated heterocycles. The van der Waals surface area contributed by atoms with Crippen LogP contribution in [-0.2, 0) is 5.41 Å². The van der Waals surface area contributed by atoms with Gasteiger partial charge < -0.3 is 9.52 Å². The van der Waals surface area contributed by atoms with Gasteiger partial charge in [0.25, 0.3) is 0 Å². The highest BCUT2D eigenvalue weighted by atomic mass is 16.3. The Balaban J connectivity index is 2.20. The van der Waals surface area contributed by atoms with E-state index in [1.54, 1.807) is 18.2 Å². The molecule has 0 spiro atoms. The topological polar surface area (TPSA) is 46.3 Å². The molecule has 1 aromatic heterocycles. The fourth-order valence-corrected chi connectivity index (χ4v) is 1.58. The zero-order valence-electron chi connectivity index (χ0n) is 7.95. The van der Waals surface area contributed by atoms with Crippen molar-refractivity contribution in [3.05, 3.63) is 24.1 Å². The fourth-order valence-electron chi connectivity index (χ4n) is 1.58. The van der Waals surface area contributed by atoms with Crippen molar-refractivity contribution in [2.45, 2.75) is 25.2 Å². The number of aromatic nitrogens is 1. The van der Waals surface area contributed by atoms with Crippen LogP contribution in [-0.4, -0.2) is 10.1 Å². The largest absolute Gasteiger partial charge is 0.508 e. The summed E-state index contributed by atoms with van der Waals surface area (Å²) in [7, 11) is 0. The first-order valence-electron chi connectivity index (χ1n) is 4.77. The molecule has 0 amide bonds. The van der Waals surface area contributed by atoms with Crippen LogP contribution in [0.5, 0.6) is 5.75 Å². The Morgan fingerprint density at radius 1 is 1.43 bits per heavy atom. The molecule has 1 aromatic carbocycles. The van der Waals surface area contributed by atoms with E-state index in [-0.39, 0.29) is 11.2 Å². The second-order valence-electron chi connectivity index (χ2n) is 4.23. The van der Waals surface area contributed by atoms with E-state index >= 15 is 0 Å². The minimum absolute atomic E-state index is 0.147. The zero-order chi connectivity index (χ0) is 9.76. The molecule has 3 nitrogen and oxygen atoms in total. The highest BCUT2D eigenvalue weighted by Gasteiger charge is 2.43. The standard InChI is InChI=1S/C11H11NO2/c1-11(4-5-11)10-12-8-6-7(13)2-3-9(8)14-10/h2-3,6,13H,4-5H2,1H3. The maximum absolute atomic E-state index is 9.28. The van der Waals surface area contributed by atoms with Crippen molar-refractivity contribution in [3.63, 3.8) is 0 Å². The van der Waals surface area contributed by atoms with Crippen molar-refractivity contribution >= 4 is 11.1 Å². The van der Waals surface area contributed by atoms with E-state index in [0.717, 1.165) is 29.8 Å². The van der Waals surface area contributed by atoms with E-state index in [2.05, 4.69) is 11.9 Å². The number of benzene rings is 1. The number of nitrogens with zero attached hydrogens (tertiary/aromatic N) is 1. The predicted molar refractivity (Wildman–Crippen MR) is 52.3 cm³/mol. The van der Waals surface area contributed by atoms with E-state index in [9.17, 15) is 5.11 Å². The molecule has 14 heavy (non-hydrogen) atoms. The van der Waals surface area contributed by atoms with Gasteiger partial charge in [-0.2, -0.15) is 0 Å². The summed E-state index contributed by atoms with van der Waals surface area (Å²) in [6.07, 6.45) is 2.29. The van der Waals surface area contributed by atoms with E-state index in [1.807, 2.05) is 0 Å². The van der Waals surface area contributed by atoms with Crippen molar-refractivity contribution < 1.29 is 9.52 Å². The van der Waals surface area contributed by atoms with Gasteiger partial charge in [0.2, 0.25) is 5.89 Å². The highest BCUT2D eigenvalue weighted by Crippen LogP contribution is 2.47. The van der Waals surface area contributed by atoms with Gasteiger partial charge in [-0.05, 0) is 25.0 Å². The van der Waals surface area contributed by atoms with Gasteiger partial charge >= 0.3 is 0 Å². The molecule has 0 bridgehead atoms. The van der Waals surface area contributed by atoms with Gasteiger partial charge in [-0.15, -0.1) is 0 Å². The van der Waals surface area contributed by atoms with Crippen LogP contribution >= 0.6 is 0 Å². The van der Waals surface area contributed by atoms with E-state index in [1.165, 1.54) is 0 Å².